The molecular weight excluding hydrogens is 200 g/mol. The van der Waals surface area contributed by atoms with Gasteiger partial charge in [0, 0.05) is 6.08 Å². The minimum absolute atomic E-state index is 0.268. The van der Waals surface area contributed by atoms with Gasteiger partial charge in [0.05, 0.1) is 6.61 Å². The van der Waals surface area contributed by atoms with E-state index in [4.69, 9.17) is 4.74 Å². The normalized spacial score (nSPS) is 11.4. The van der Waals surface area contributed by atoms with E-state index in [1.165, 1.54) is 38.2 Å². The number of carbonyl (C=O) groups is 1. The van der Waals surface area contributed by atoms with Crippen LogP contribution >= 0.6 is 0 Å². The van der Waals surface area contributed by atoms with Crippen molar-refractivity contribution >= 4 is 5.97 Å². The number of carbonyl (C=O) groups excluding carboxylic acids is 1. The molecule has 0 atom stereocenters. The fourth-order valence-electron chi connectivity index (χ4n) is 1.37. The van der Waals surface area contributed by atoms with Crippen molar-refractivity contribution in [3.05, 3.63) is 24.3 Å². The summed E-state index contributed by atoms with van der Waals surface area (Å²) in [5.74, 6) is -0.268. The van der Waals surface area contributed by atoms with Crippen LogP contribution in [0.2, 0.25) is 0 Å². The molecule has 16 heavy (non-hydrogen) atoms. The molecule has 0 aromatic rings. The number of esters is 1. The average Bonchev–Trinajstić information content (AvgIpc) is 2.27. The van der Waals surface area contributed by atoms with Crippen molar-refractivity contribution in [1.82, 2.24) is 0 Å². The Labute approximate surface area is 99.4 Å². The summed E-state index contributed by atoms with van der Waals surface area (Å²) in [5, 5.41) is 0. The van der Waals surface area contributed by atoms with Gasteiger partial charge in [0.1, 0.15) is 0 Å². The molecule has 0 aliphatic carbocycles. The molecule has 2 heteroatoms. The zero-order valence-electron chi connectivity index (χ0n) is 10.6. The highest BCUT2D eigenvalue weighted by molar-refractivity contribution is 5.82. The van der Waals surface area contributed by atoms with Crippen LogP contribution in [0, 0.1) is 0 Å². The van der Waals surface area contributed by atoms with Crippen molar-refractivity contribution in [2.24, 2.45) is 0 Å². The number of hydrogen-bond donors (Lipinski definition) is 0. The minimum Gasteiger partial charge on any atom is -0.463 e. The van der Waals surface area contributed by atoms with E-state index in [1.54, 1.807) is 13.0 Å². The molecule has 0 saturated heterocycles. The van der Waals surface area contributed by atoms with Crippen LogP contribution in [0.1, 0.15) is 52.4 Å². The maximum Gasteiger partial charge on any atom is 0.330 e. The van der Waals surface area contributed by atoms with Gasteiger partial charge in [-0.3, -0.25) is 0 Å². The van der Waals surface area contributed by atoms with E-state index < -0.39 is 0 Å². The Kier molecular flexibility index (Phi) is 11.2. The first kappa shape index (κ1) is 14.9. The number of unbranched alkanes of at least 4 members (excludes halogenated alkanes) is 5. The number of hydrogen-bond acceptors (Lipinski definition) is 2. The molecule has 0 heterocycles. The molecule has 0 saturated carbocycles. The second-order valence-electron chi connectivity index (χ2n) is 3.74. The number of ether oxygens (including phenoxy) is 1. The summed E-state index contributed by atoms with van der Waals surface area (Å²) in [4.78, 5) is 10.9. The molecule has 0 unspecified atom stereocenters. The van der Waals surface area contributed by atoms with Crippen molar-refractivity contribution in [2.75, 3.05) is 6.61 Å². The summed E-state index contributed by atoms with van der Waals surface area (Å²) in [7, 11) is 0. The summed E-state index contributed by atoms with van der Waals surface area (Å²) < 4.78 is 4.75. The first-order valence-corrected chi connectivity index (χ1v) is 6.31. The molecule has 0 radical (unpaired) electrons. The largest absolute Gasteiger partial charge is 0.463 e. The maximum absolute atomic E-state index is 10.9. The molecule has 0 aromatic carbocycles. The maximum atomic E-state index is 10.9. The van der Waals surface area contributed by atoms with Crippen LogP contribution in [-0.2, 0) is 9.53 Å². The first-order valence-electron chi connectivity index (χ1n) is 6.31. The van der Waals surface area contributed by atoms with Gasteiger partial charge in [-0.05, 0) is 19.8 Å². The van der Waals surface area contributed by atoms with Crippen LogP contribution < -0.4 is 0 Å². The van der Waals surface area contributed by atoms with E-state index in [9.17, 15) is 4.79 Å². The van der Waals surface area contributed by atoms with Gasteiger partial charge >= 0.3 is 5.97 Å². The quantitative estimate of drug-likeness (QED) is 0.256. The van der Waals surface area contributed by atoms with Crippen molar-refractivity contribution in [3.8, 4) is 0 Å². The van der Waals surface area contributed by atoms with E-state index in [0.717, 1.165) is 6.42 Å². The lowest BCUT2D eigenvalue weighted by Gasteiger charge is -1.95. The van der Waals surface area contributed by atoms with E-state index in [1.807, 2.05) is 6.08 Å². The van der Waals surface area contributed by atoms with Gasteiger partial charge in [-0.1, -0.05) is 50.8 Å². The molecule has 0 rings (SSSR count). The van der Waals surface area contributed by atoms with Gasteiger partial charge in [-0.15, -0.1) is 0 Å². The standard InChI is InChI=1S/C14H24O2/c1-3-5-6-7-8-9-10-11-12-13-14(15)16-4-2/h10-13H,3-9H2,1-2H3/b11-10+,13-12+. The van der Waals surface area contributed by atoms with Gasteiger partial charge < -0.3 is 4.74 Å². The average molecular weight is 224 g/mol. The molecule has 2 nitrogen and oxygen atoms in total. The third-order valence-corrected chi connectivity index (χ3v) is 2.24. The monoisotopic (exact) mass is 224 g/mol. The first-order chi connectivity index (χ1) is 7.81. The lowest BCUT2D eigenvalue weighted by Crippen LogP contribution is -1.98. The lowest BCUT2D eigenvalue weighted by molar-refractivity contribution is -0.137. The highest BCUT2D eigenvalue weighted by atomic mass is 16.5. The minimum atomic E-state index is -0.268. The fourth-order valence-corrected chi connectivity index (χ4v) is 1.37. The van der Waals surface area contributed by atoms with E-state index in [2.05, 4.69) is 13.0 Å². The van der Waals surface area contributed by atoms with Crippen LogP contribution in [0.25, 0.3) is 0 Å². The predicted molar refractivity (Wildman–Crippen MR) is 68.3 cm³/mol. The Balaban J connectivity index is 3.36. The summed E-state index contributed by atoms with van der Waals surface area (Å²) in [6.07, 6.45) is 14.8. The topological polar surface area (TPSA) is 26.3 Å². The molecule has 0 aromatic heterocycles. The Morgan fingerprint density at radius 2 is 1.81 bits per heavy atom. The van der Waals surface area contributed by atoms with Crippen LogP contribution in [0.3, 0.4) is 0 Å². The number of allylic oxidation sites excluding steroid dienone is 3. The Bertz CT molecular complexity index is 217. The summed E-state index contributed by atoms with van der Waals surface area (Å²) in [5.41, 5.74) is 0. The SMILES string of the molecule is CCCCCCC/C=C/C=C/C(=O)OCC. The van der Waals surface area contributed by atoms with E-state index >= 15 is 0 Å². The second kappa shape index (κ2) is 12.0. The fraction of sp³-hybridized carbons (Fsp3) is 0.643. The molecule has 0 bridgehead atoms. The molecule has 0 N–H and O–H groups in total. The molecule has 0 aliphatic heterocycles. The van der Waals surface area contributed by atoms with E-state index in [0.29, 0.717) is 6.61 Å². The van der Waals surface area contributed by atoms with Gasteiger partial charge in [-0.25, -0.2) is 4.79 Å². The van der Waals surface area contributed by atoms with Crippen LogP contribution in [-0.4, -0.2) is 12.6 Å². The highest BCUT2D eigenvalue weighted by Crippen LogP contribution is 2.05. The van der Waals surface area contributed by atoms with Gasteiger partial charge in [0.2, 0.25) is 0 Å². The smallest absolute Gasteiger partial charge is 0.330 e. The lowest BCUT2D eigenvalue weighted by atomic mass is 10.1. The summed E-state index contributed by atoms with van der Waals surface area (Å²) in [6.45, 7) is 4.46. The second-order valence-corrected chi connectivity index (χ2v) is 3.74. The zero-order valence-corrected chi connectivity index (χ0v) is 10.6. The van der Waals surface area contributed by atoms with Gasteiger partial charge in [-0.2, -0.15) is 0 Å². The van der Waals surface area contributed by atoms with Crippen molar-refractivity contribution in [2.45, 2.75) is 52.4 Å². The predicted octanol–water partition coefficient (Wildman–Crippen LogP) is 4.02. The zero-order chi connectivity index (χ0) is 12.1. The van der Waals surface area contributed by atoms with Crippen molar-refractivity contribution in [1.29, 1.82) is 0 Å². The molecule has 0 aliphatic rings. The molecule has 92 valence electrons. The van der Waals surface area contributed by atoms with Gasteiger partial charge in [0.15, 0.2) is 0 Å². The van der Waals surface area contributed by atoms with Crippen molar-refractivity contribution < 1.29 is 9.53 Å². The van der Waals surface area contributed by atoms with Gasteiger partial charge in [0.25, 0.3) is 0 Å². The molecule has 0 spiro atoms. The Morgan fingerprint density at radius 3 is 2.50 bits per heavy atom. The third kappa shape index (κ3) is 11.0. The molecule has 0 fully saturated rings. The van der Waals surface area contributed by atoms with E-state index in [-0.39, 0.29) is 5.97 Å². The Morgan fingerprint density at radius 1 is 1.06 bits per heavy atom. The van der Waals surface area contributed by atoms with Crippen molar-refractivity contribution in [3.63, 3.8) is 0 Å². The Hall–Kier alpha value is -1.05. The summed E-state index contributed by atoms with van der Waals surface area (Å²) >= 11 is 0. The van der Waals surface area contributed by atoms with Crippen LogP contribution in [0.5, 0.6) is 0 Å². The molecular formula is C14H24O2. The van der Waals surface area contributed by atoms with Crippen LogP contribution in [0.15, 0.2) is 24.3 Å². The number of rotatable bonds is 9. The highest BCUT2D eigenvalue weighted by Gasteiger charge is 1.90. The van der Waals surface area contributed by atoms with Crippen LogP contribution in [0.4, 0.5) is 0 Å². The summed E-state index contributed by atoms with van der Waals surface area (Å²) in [6, 6.07) is 0. The third-order valence-electron chi connectivity index (χ3n) is 2.24. The molecule has 0 amide bonds.